The van der Waals surface area contributed by atoms with Crippen molar-refractivity contribution in [2.24, 2.45) is 5.73 Å². The molecule has 0 aliphatic rings. The molecular weight excluding hydrogens is 242 g/mol. The molecule has 1 aromatic carbocycles. The van der Waals surface area contributed by atoms with Crippen LogP contribution >= 0.6 is 11.3 Å². The van der Waals surface area contributed by atoms with Gasteiger partial charge in [0.1, 0.15) is 0 Å². The number of anilines is 1. The summed E-state index contributed by atoms with van der Waals surface area (Å²) in [4.78, 5) is 8.08. The van der Waals surface area contributed by atoms with Crippen LogP contribution in [0.25, 0.3) is 11.3 Å². The fourth-order valence-corrected chi connectivity index (χ4v) is 2.84. The van der Waals surface area contributed by atoms with Crippen molar-refractivity contribution in [3.05, 3.63) is 35.2 Å². The zero-order valence-electron chi connectivity index (χ0n) is 10.9. The van der Waals surface area contributed by atoms with Crippen LogP contribution in [-0.4, -0.2) is 18.6 Å². The van der Waals surface area contributed by atoms with Crippen molar-refractivity contribution in [1.82, 2.24) is 4.98 Å². The maximum atomic E-state index is 5.83. The van der Waals surface area contributed by atoms with Crippen LogP contribution in [0.5, 0.6) is 0 Å². The molecule has 1 aromatic heterocycles. The van der Waals surface area contributed by atoms with Crippen molar-refractivity contribution in [2.75, 3.05) is 18.5 Å². The van der Waals surface area contributed by atoms with Crippen LogP contribution in [-0.2, 0) is 6.54 Å². The number of nitrogens with two attached hydrogens (primary N) is 1. The van der Waals surface area contributed by atoms with Gasteiger partial charge in [-0.2, -0.15) is 0 Å². The highest BCUT2D eigenvalue weighted by Gasteiger charge is 2.13. The van der Waals surface area contributed by atoms with Gasteiger partial charge in [0, 0.05) is 30.6 Å². The number of rotatable bonds is 5. The molecule has 18 heavy (non-hydrogen) atoms. The normalized spacial score (nSPS) is 10.6. The Morgan fingerprint density at radius 3 is 2.61 bits per heavy atom. The largest absolute Gasteiger partial charge is 0.351 e. The Bertz CT molecular complexity index is 493. The number of benzene rings is 1. The summed E-state index contributed by atoms with van der Waals surface area (Å²) in [5.74, 6) is 0. The first-order valence-electron chi connectivity index (χ1n) is 6.22. The maximum Gasteiger partial charge on any atom is 0.185 e. The molecule has 0 fully saturated rings. The SMILES string of the molecule is CCCN(C)c1nc(-c2ccccc2)c(CN)s1. The van der Waals surface area contributed by atoms with Crippen LogP contribution in [0, 0.1) is 0 Å². The molecule has 96 valence electrons. The Morgan fingerprint density at radius 1 is 1.28 bits per heavy atom. The molecule has 0 aliphatic heterocycles. The van der Waals surface area contributed by atoms with Gasteiger partial charge in [-0.15, -0.1) is 0 Å². The highest BCUT2D eigenvalue weighted by molar-refractivity contribution is 7.16. The van der Waals surface area contributed by atoms with Crippen LogP contribution in [0.3, 0.4) is 0 Å². The molecule has 0 unspecified atom stereocenters. The molecule has 0 radical (unpaired) electrons. The standard InChI is InChI=1S/C14H19N3S/c1-3-9-17(2)14-16-13(12(10-15)18-14)11-7-5-4-6-8-11/h4-8H,3,9-10,15H2,1-2H3. The summed E-state index contributed by atoms with van der Waals surface area (Å²) in [6, 6.07) is 10.2. The summed E-state index contributed by atoms with van der Waals surface area (Å²) in [7, 11) is 2.08. The van der Waals surface area contributed by atoms with E-state index in [1.165, 1.54) is 0 Å². The van der Waals surface area contributed by atoms with Gasteiger partial charge in [0.2, 0.25) is 0 Å². The van der Waals surface area contributed by atoms with Gasteiger partial charge in [-0.25, -0.2) is 4.98 Å². The molecule has 0 amide bonds. The topological polar surface area (TPSA) is 42.2 Å². The molecule has 4 heteroatoms. The van der Waals surface area contributed by atoms with E-state index in [0.29, 0.717) is 6.54 Å². The number of hydrogen-bond acceptors (Lipinski definition) is 4. The van der Waals surface area contributed by atoms with Crippen LogP contribution < -0.4 is 10.6 Å². The average Bonchev–Trinajstić information content (AvgIpc) is 2.84. The Kier molecular flexibility index (Phi) is 4.33. The van der Waals surface area contributed by atoms with Crippen LogP contribution in [0.2, 0.25) is 0 Å². The van der Waals surface area contributed by atoms with E-state index in [4.69, 9.17) is 10.7 Å². The lowest BCUT2D eigenvalue weighted by Gasteiger charge is -2.13. The van der Waals surface area contributed by atoms with Crippen LogP contribution in [0.15, 0.2) is 30.3 Å². The Hall–Kier alpha value is -1.39. The van der Waals surface area contributed by atoms with Crippen molar-refractivity contribution in [1.29, 1.82) is 0 Å². The summed E-state index contributed by atoms with van der Waals surface area (Å²) in [5, 5.41) is 1.05. The van der Waals surface area contributed by atoms with E-state index in [0.717, 1.165) is 34.2 Å². The molecule has 0 bridgehead atoms. The van der Waals surface area contributed by atoms with Crippen molar-refractivity contribution < 1.29 is 0 Å². The molecule has 1 heterocycles. The summed E-state index contributed by atoms with van der Waals surface area (Å²) in [6.07, 6.45) is 1.12. The van der Waals surface area contributed by atoms with E-state index in [1.54, 1.807) is 11.3 Å². The quantitative estimate of drug-likeness (QED) is 0.899. The van der Waals surface area contributed by atoms with E-state index in [9.17, 15) is 0 Å². The van der Waals surface area contributed by atoms with E-state index >= 15 is 0 Å². The van der Waals surface area contributed by atoms with Gasteiger partial charge in [-0.05, 0) is 6.42 Å². The fourth-order valence-electron chi connectivity index (χ4n) is 1.89. The van der Waals surface area contributed by atoms with Gasteiger partial charge in [0.25, 0.3) is 0 Å². The second-order valence-electron chi connectivity index (χ2n) is 4.26. The Balaban J connectivity index is 2.36. The zero-order chi connectivity index (χ0) is 13.0. The predicted molar refractivity (Wildman–Crippen MR) is 79.0 cm³/mol. The minimum atomic E-state index is 0.544. The van der Waals surface area contributed by atoms with E-state index in [1.807, 2.05) is 18.2 Å². The van der Waals surface area contributed by atoms with Crippen molar-refractivity contribution in [3.63, 3.8) is 0 Å². The van der Waals surface area contributed by atoms with Crippen molar-refractivity contribution in [3.8, 4) is 11.3 Å². The smallest absolute Gasteiger partial charge is 0.185 e. The van der Waals surface area contributed by atoms with Gasteiger partial charge in [0.05, 0.1) is 5.69 Å². The van der Waals surface area contributed by atoms with Gasteiger partial charge >= 0.3 is 0 Å². The number of nitrogens with zero attached hydrogens (tertiary/aromatic N) is 2. The highest BCUT2D eigenvalue weighted by atomic mass is 32.1. The lowest BCUT2D eigenvalue weighted by atomic mass is 10.1. The molecule has 3 nitrogen and oxygen atoms in total. The Morgan fingerprint density at radius 2 is 2.00 bits per heavy atom. The molecule has 0 saturated carbocycles. The number of hydrogen-bond donors (Lipinski definition) is 1. The fraction of sp³-hybridized carbons (Fsp3) is 0.357. The Labute approximate surface area is 112 Å². The molecule has 0 atom stereocenters. The molecule has 0 aliphatic carbocycles. The average molecular weight is 261 g/mol. The second kappa shape index (κ2) is 5.98. The lowest BCUT2D eigenvalue weighted by Crippen LogP contribution is -2.17. The van der Waals surface area contributed by atoms with Gasteiger partial charge in [0.15, 0.2) is 5.13 Å². The predicted octanol–water partition coefficient (Wildman–Crippen LogP) is 3.12. The van der Waals surface area contributed by atoms with Crippen LogP contribution in [0.1, 0.15) is 18.2 Å². The third-order valence-electron chi connectivity index (χ3n) is 2.80. The first kappa shape index (κ1) is 13.1. The molecular formula is C14H19N3S. The summed E-state index contributed by atoms with van der Waals surface area (Å²) < 4.78 is 0. The molecule has 0 spiro atoms. The third-order valence-corrected chi connectivity index (χ3v) is 4.00. The molecule has 2 rings (SSSR count). The van der Waals surface area contributed by atoms with Crippen LogP contribution in [0.4, 0.5) is 5.13 Å². The summed E-state index contributed by atoms with van der Waals surface area (Å²) >= 11 is 1.69. The van der Waals surface area contributed by atoms with Gasteiger partial charge in [-0.3, -0.25) is 0 Å². The second-order valence-corrected chi connectivity index (χ2v) is 5.32. The first-order chi connectivity index (χ1) is 8.76. The molecule has 0 saturated heterocycles. The maximum absolute atomic E-state index is 5.83. The summed E-state index contributed by atoms with van der Waals surface area (Å²) in [5.41, 5.74) is 8.00. The summed E-state index contributed by atoms with van der Waals surface area (Å²) in [6.45, 7) is 3.74. The van der Waals surface area contributed by atoms with Gasteiger partial charge < -0.3 is 10.6 Å². The van der Waals surface area contributed by atoms with Crippen molar-refractivity contribution in [2.45, 2.75) is 19.9 Å². The minimum Gasteiger partial charge on any atom is -0.351 e. The van der Waals surface area contributed by atoms with Gasteiger partial charge in [-0.1, -0.05) is 48.6 Å². The van der Waals surface area contributed by atoms with E-state index in [-0.39, 0.29) is 0 Å². The molecule has 2 aromatic rings. The zero-order valence-corrected chi connectivity index (χ0v) is 11.7. The third kappa shape index (κ3) is 2.71. The number of thiazole rings is 1. The minimum absolute atomic E-state index is 0.544. The van der Waals surface area contributed by atoms with E-state index in [2.05, 4.69) is 31.0 Å². The van der Waals surface area contributed by atoms with E-state index < -0.39 is 0 Å². The molecule has 2 N–H and O–H groups in total. The monoisotopic (exact) mass is 261 g/mol. The highest BCUT2D eigenvalue weighted by Crippen LogP contribution is 2.32. The number of aromatic nitrogens is 1. The van der Waals surface area contributed by atoms with Crippen molar-refractivity contribution >= 4 is 16.5 Å². The first-order valence-corrected chi connectivity index (χ1v) is 7.04. The lowest BCUT2D eigenvalue weighted by molar-refractivity contribution is 0.848.